The van der Waals surface area contributed by atoms with Gasteiger partial charge in [-0.05, 0) is 71.1 Å². The molecule has 1 aromatic carbocycles. The number of rotatable bonds is 9. The summed E-state index contributed by atoms with van der Waals surface area (Å²) < 4.78 is 73.8. The van der Waals surface area contributed by atoms with E-state index in [2.05, 4.69) is 26.2 Å². The summed E-state index contributed by atoms with van der Waals surface area (Å²) in [7, 11) is -5.70. The van der Waals surface area contributed by atoms with Gasteiger partial charge in [0.15, 0.2) is 5.65 Å². The number of nitrogens with zero attached hydrogens (tertiary/aromatic N) is 3. The Labute approximate surface area is 254 Å². The molecular weight excluding hydrogens is 651 g/mol. The monoisotopic (exact) mass is 677 g/mol. The number of para-hydroxylation sites is 1. The normalized spacial score (nSPS) is 12.3. The molecule has 0 fully saturated rings. The van der Waals surface area contributed by atoms with Crippen molar-refractivity contribution in [2.24, 2.45) is 0 Å². The number of carbonyl (C=O) groups is 1. The molecule has 1 aliphatic carbocycles. The Balaban J connectivity index is 1.76. The first-order chi connectivity index (χ1) is 20.4. The van der Waals surface area contributed by atoms with Crippen molar-refractivity contribution >= 4 is 48.7 Å². The van der Waals surface area contributed by atoms with Crippen molar-refractivity contribution in [2.75, 3.05) is 11.3 Å². The zero-order chi connectivity index (χ0) is 31.1. The maximum absolute atomic E-state index is 13.3. The quantitative estimate of drug-likeness (QED) is 0.176. The number of halogens is 4. The average Bonchev–Trinajstić information content (AvgIpc) is 3.44. The second-order valence-corrected chi connectivity index (χ2v) is 12.3. The van der Waals surface area contributed by atoms with E-state index in [1.807, 2.05) is 25.3 Å². The first kappa shape index (κ1) is 30.5. The molecule has 3 aromatic rings. The molecule has 1 aliphatic heterocycles. The summed E-state index contributed by atoms with van der Waals surface area (Å²) in [5.74, 6) is 0.385. The van der Waals surface area contributed by atoms with Crippen LogP contribution in [-0.4, -0.2) is 40.9 Å². The highest BCUT2D eigenvalue weighted by molar-refractivity contribution is 9.10. The van der Waals surface area contributed by atoms with Gasteiger partial charge in [-0.1, -0.05) is 25.1 Å². The van der Waals surface area contributed by atoms with Gasteiger partial charge in [0.2, 0.25) is 0 Å². The molecule has 0 spiro atoms. The third-order valence-electron chi connectivity index (χ3n) is 6.95. The predicted molar refractivity (Wildman–Crippen MR) is 160 cm³/mol. The molecule has 3 heterocycles. The lowest BCUT2D eigenvalue weighted by Crippen LogP contribution is -2.30. The van der Waals surface area contributed by atoms with Gasteiger partial charge in [-0.25, -0.2) is 9.97 Å². The van der Waals surface area contributed by atoms with Gasteiger partial charge in [0.25, 0.3) is 5.91 Å². The van der Waals surface area contributed by atoms with Crippen molar-refractivity contribution < 1.29 is 30.8 Å². The van der Waals surface area contributed by atoms with E-state index in [-0.39, 0.29) is 29.4 Å². The third kappa shape index (κ3) is 5.60. The zero-order valence-electron chi connectivity index (χ0n) is 23.3. The molecule has 2 aliphatic rings. The standard InChI is InChI=1S/C29H27BrF3N5O4S/c1-4-8-23-36-26-16(3)13-22(28(39)34-5-2)35-27(26)38(23)14-19-17-11-12-42-15-20(17)25(30)24(19)18-9-6-7-10-21(18)37-43(40,41)29(31,32)33/h6-7,9-13,15,37H,4-5,8,14H2,1-3H3,(H,34,39). The van der Waals surface area contributed by atoms with E-state index in [9.17, 15) is 26.4 Å². The van der Waals surface area contributed by atoms with Crippen LogP contribution in [0.2, 0.25) is 0 Å². The molecule has 0 saturated carbocycles. The minimum absolute atomic E-state index is 0.166. The summed E-state index contributed by atoms with van der Waals surface area (Å²) in [5.41, 5.74) is -0.934. The van der Waals surface area contributed by atoms with Gasteiger partial charge in [0, 0.05) is 34.1 Å². The van der Waals surface area contributed by atoms with Crippen LogP contribution in [0.4, 0.5) is 18.9 Å². The van der Waals surface area contributed by atoms with E-state index in [0.717, 1.165) is 17.5 Å². The molecule has 0 unspecified atom stereocenters. The Morgan fingerprint density at radius 1 is 1.09 bits per heavy atom. The zero-order valence-corrected chi connectivity index (χ0v) is 25.7. The van der Waals surface area contributed by atoms with Crippen LogP contribution in [0.5, 0.6) is 0 Å². The van der Waals surface area contributed by atoms with Crippen molar-refractivity contribution in [2.45, 2.75) is 45.7 Å². The molecule has 43 heavy (non-hydrogen) atoms. The number of anilines is 1. The van der Waals surface area contributed by atoms with Crippen LogP contribution < -0.4 is 10.0 Å². The Kier molecular flexibility index (Phi) is 8.27. The van der Waals surface area contributed by atoms with Crippen LogP contribution in [0.15, 0.2) is 57.8 Å². The van der Waals surface area contributed by atoms with E-state index in [1.165, 1.54) is 24.7 Å². The highest BCUT2D eigenvalue weighted by atomic mass is 79.9. The predicted octanol–water partition coefficient (Wildman–Crippen LogP) is 6.88. The molecule has 1 amide bonds. The molecule has 2 aromatic heterocycles. The number of sulfonamides is 1. The minimum atomic E-state index is -5.70. The van der Waals surface area contributed by atoms with Gasteiger partial charge in [-0.3, -0.25) is 9.52 Å². The van der Waals surface area contributed by atoms with Crippen molar-refractivity contribution in [3.05, 3.63) is 76.0 Å². The summed E-state index contributed by atoms with van der Waals surface area (Å²) in [6, 6.07) is 9.29. The molecule has 0 radical (unpaired) electrons. The number of fused-ring (bicyclic) bond motifs is 2. The number of hydrogen-bond donors (Lipinski definition) is 2. The van der Waals surface area contributed by atoms with Gasteiger partial charge in [0.05, 0.1) is 24.8 Å². The van der Waals surface area contributed by atoms with Crippen LogP contribution in [0.3, 0.4) is 0 Å². The molecule has 5 rings (SSSR count). The van der Waals surface area contributed by atoms with Gasteiger partial charge in [-0.15, -0.1) is 0 Å². The molecule has 0 saturated heterocycles. The summed E-state index contributed by atoms with van der Waals surface area (Å²) in [6.07, 6.45) is 4.35. The minimum Gasteiger partial charge on any atom is -0.472 e. The van der Waals surface area contributed by atoms with Crippen LogP contribution in [-0.2, 0) is 23.0 Å². The van der Waals surface area contributed by atoms with Crippen molar-refractivity contribution in [3.8, 4) is 22.3 Å². The maximum Gasteiger partial charge on any atom is 0.516 e. The lowest BCUT2D eigenvalue weighted by atomic mass is 10.0. The Morgan fingerprint density at radius 3 is 2.53 bits per heavy atom. The summed E-state index contributed by atoms with van der Waals surface area (Å²) in [4.78, 5) is 22.3. The van der Waals surface area contributed by atoms with Crippen LogP contribution in [0, 0.1) is 6.92 Å². The van der Waals surface area contributed by atoms with Gasteiger partial charge in [-0.2, -0.15) is 21.6 Å². The topological polar surface area (TPSA) is 119 Å². The lowest BCUT2D eigenvalue weighted by Gasteiger charge is -2.16. The number of nitrogens with one attached hydrogen (secondary N) is 2. The summed E-state index contributed by atoms with van der Waals surface area (Å²) >= 11 is 3.60. The second kappa shape index (κ2) is 11.6. The number of aromatic nitrogens is 3. The third-order valence-corrected chi connectivity index (χ3v) is 8.87. The van der Waals surface area contributed by atoms with E-state index >= 15 is 0 Å². The van der Waals surface area contributed by atoms with E-state index in [4.69, 9.17) is 9.40 Å². The Bertz CT molecular complexity index is 1920. The number of aryl methyl sites for hydroxylation is 2. The molecule has 2 N–H and O–H groups in total. The van der Waals surface area contributed by atoms with E-state index in [1.54, 1.807) is 29.0 Å². The van der Waals surface area contributed by atoms with Crippen molar-refractivity contribution in [1.82, 2.24) is 19.9 Å². The van der Waals surface area contributed by atoms with Gasteiger partial charge in [0.1, 0.15) is 17.0 Å². The number of alkyl halides is 3. The molecule has 226 valence electrons. The first-order valence-electron chi connectivity index (χ1n) is 13.4. The van der Waals surface area contributed by atoms with E-state index in [0.29, 0.717) is 51.1 Å². The highest BCUT2D eigenvalue weighted by Crippen LogP contribution is 2.48. The molecule has 9 nitrogen and oxygen atoms in total. The molecule has 0 bridgehead atoms. The van der Waals surface area contributed by atoms with Gasteiger partial charge < -0.3 is 14.3 Å². The summed E-state index contributed by atoms with van der Waals surface area (Å²) in [5, 5.41) is 2.76. The van der Waals surface area contributed by atoms with Crippen molar-refractivity contribution in [3.63, 3.8) is 0 Å². The van der Waals surface area contributed by atoms with Gasteiger partial charge >= 0.3 is 15.5 Å². The number of pyridine rings is 1. The first-order valence-corrected chi connectivity index (χ1v) is 15.6. The second-order valence-electron chi connectivity index (χ2n) is 9.87. The van der Waals surface area contributed by atoms with E-state index < -0.39 is 15.5 Å². The molecule has 14 heteroatoms. The fourth-order valence-corrected chi connectivity index (χ4v) is 6.38. The number of imidazole rings is 1. The smallest absolute Gasteiger partial charge is 0.472 e. The number of hydrogen-bond acceptors (Lipinski definition) is 6. The Morgan fingerprint density at radius 2 is 1.84 bits per heavy atom. The maximum atomic E-state index is 13.3. The largest absolute Gasteiger partial charge is 0.516 e. The lowest BCUT2D eigenvalue weighted by molar-refractivity contribution is -0.0429. The Hall–Kier alpha value is -3.91. The SMILES string of the molecule is CCCc1nc2c(C)cc(C(=O)NCC)nc2n1Cc1c2ccocc-2c(Br)c1-c1ccccc1NS(=O)(=O)C(F)(F)F. The highest BCUT2D eigenvalue weighted by Gasteiger charge is 2.46. The van der Waals surface area contributed by atoms with Crippen LogP contribution in [0.1, 0.15) is 47.7 Å². The fourth-order valence-electron chi connectivity index (χ4n) is 5.03. The number of benzene rings is 1. The summed E-state index contributed by atoms with van der Waals surface area (Å²) in [6.45, 7) is 6.26. The van der Waals surface area contributed by atoms with Crippen molar-refractivity contribution in [1.29, 1.82) is 0 Å². The van der Waals surface area contributed by atoms with Crippen LogP contribution >= 0.6 is 15.9 Å². The average molecular weight is 679 g/mol. The fraction of sp³-hybridized carbons (Fsp3) is 0.276. The van der Waals surface area contributed by atoms with Crippen LogP contribution in [0.25, 0.3) is 33.4 Å². The number of carbonyl (C=O) groups excluding carboxylic acids is 1. The molecular formula is C29H27BrF3N5O4S. The number of amides is 1. The molecule has 0 atom stereocenters.